The number of aromatic amines is 1. The van der Waals surface area contributed by atoms with Crippen LogP contribution in [0.15, 0.2) is 14.6 Å². The Bertz CT molecular complexity index is 1100. The SMILES string of the molecule is C[C@@H]1CCCC[C@@H]1NC(=O)CSc1nc(C2CC2)nc2c1c(=O)[nH]c(=O)n2C1CC1. The Balaban J connectivity index is 1.44. The molecule has 2 N–H and O–H groups in total. The normalized spacial score (nSPS) is 24.2. The van der Waals surface area contributed by atoms with Gasteiger partial charge in [-0.3, -0.25) is 19.1 Å². The van der Waals surface area contributed by atoms with Crippen molar-refractivity contribution in [3.63, 3.8) is 0 Å². The molecule has 1 amide bonds. The fourth-order valence-corrected chi connectivity index (χ4v) is 5.18. The predicted octanol–water partition coefficient (Wildman–Crippen LogP) is 2.48. The molecule has 160 valence electrons. The van der Waals surface area contributed by atoms with Gasteiger partial charge in [-0.2, -0.15) is 0 Å². The minimum absolute atomic E-state index is 0.0366. The second kappa shape index (κ2) is 7.83. The van der Waals surface area contributed by atoms with Crippen LogP contribution in [-0.2, 0) is 4.79 Å². The molecule has 0 saturated heterocycles. The van der Waals surface area contributed by atoms with Crippen molar-refractivity contribution in [2.75, 3.05) is 5.75 Å². The van der Waals surface area contributed by atoms with Gasteiger partial charge in [0.25, 0.3) is 5.56 Å². The van der Waals surface area contributed by atoms with Gasteiger partial charge in [0.2, 0.25) is 5.91 Å². The lowest BCUT2D eigenvalue weighted by Gasteiger charge is -2.29. The molecule has 0 bridgehead atoms. The van der Waals surface area contributed by atoms with E-state index in [1.807, 2.05) is 0 Å². The van der Waals surface area contributed by atoms with Crippen molar-refractivity contribution < 1.29 is 4.79 Å². The number of nitrogens with one attached hydrogen (secondary N) is 2. The highest BCUT2D eigenvalue weighted by Gasteiger charge is 2.32. The van der Waals surface area contributed by atoms with Crippen LogP contribution in [0.3, 0.4) is 0 Å². The number of rotatable bonds is 6. The summed E-state index contributed by atoms with van der Waals surface area (Å²) < 4.78 is 1.61. The van der Waals surface area contributed by atoms with Gasteiger partial charge in [-0.1, -0.05) is 31.5 Å². The molecule has 2 atom stereocenters. The molecule has 8 nitrogen and oxygen atoms in total. The minimum Gasteiger partial charge on any atom is -0.352 e. The zero-order chi connectivity index (χ0) is 20.8. The van der Waals surface area contributed by atoms with E-state index in [4.69, 9.17) is 0 Å². The maximum absolute atomic E-state index is 12.7. The van der Waals surface area contributed by atoms with E-state index >= 15 is 0 Å². The highest BCUT2D eigenvalue weighted by atomic mass is 32.2. The third-order valence-corrected chi connectivity index (χ3v) is 7.40. The Labute approximate surface area is 178 Å². The fraction of sp³-hybridized carbons (Fsp3) is 0.667. The third-order valence-electron chi connectivity index (χ3n) is 6.42. The van der Waals surface area contributed by atoms with Crippen molar-refractivity contribution >= 4 is 28.7 Å². The van der Waals surface area contributed by atoms with Gasteiger partial charge < -0.3 is 5.32 Å². The molecular weight excluding hydrogens is 402 g/mol. The molecule has 0 unspecified atom stereocenters. The zero-order valence-electron chi connectivity index (χ0n) is 17.1. The van der Waals surface area contributed by atoms with Crippen molar-refractivity contribution in [1.82, 2.24) is 24.8 Å². The van der Waals surface area contributed by atoms with E-state index in [0.29, 0.717) is 27.8 Å². The molecule has 0 spiro atoms. The van der Waals surface area contributed by atoms with E-state index in [0.717, 1.165) is 44.9 Å². The summed E-state index contributed by atoms with van der Waals surface area (Å²) in [5.41, 5.74) is -0.458. The molecule has 5 rings (SSSR count). The average molecular weight is 430 g/mol. The standard InChI is InChI=1S/C21H27N5O3S/c1-11-4-2-3-5-14(11)22-15(27)10-30-20-16-18(23-17(24-20)12-6-7-12)26(13-8-9-13)21(29)25-19(16)28/h11-14H,2-10H2,1H3,(H,22,27)(H,25,28,29)/t11-,14+/m1/s1. The lowest BCUT2D eigenvalue weighted by molar-refractivity contribution is -0.119. The van der Waals surface area contributed by atoms with Crippen LogP contribution < -0.4 is 16.6 Å². The van der Waals surface area contributed by atoms with E-state index < -0.39 is 11.2 Å². The maximum Gasteiger partial charge on any atom is 0.330 e. The second-order valence-corrected chi connectivity index (χ2v) is 9.91. The lowest BCUT2D eigenvalue weighted by atomic mass is 9.86. The van der Waals surface area contributed by atoms with Crippen LogP contribution in [0, 0.1) is 5.92 Å². The van der Waals surface area contributed by atoms with Gasteiger partial charge in [0.15, 0.2) is 5.65 Å². The van der Waals surface area contributed by atoms with Crippen LogP contribution in [0.1, 0.15) is 76.1 Å². The number of hydrogen-bond acceptors (Lipinski definition) is 6. The second-order valence-electron chi connectivity index (χ2n) is 8.94. The van der Waals surface area contributed by atoms with E-state index in [-0.39, 0.29) is 29.7 Å². The average Bonchev–Trinajstić information content (AvgIpc) is 3.61. The molecular formula is C21H27N5O3S. The topological polar surface area (TPSA) is 110 Å². The number of aromatic nitrogens is 4. The summed E-state index contributed by atoms with van der Waals surface area (Å²) in [5.74, 6) is 1.62. The van der Waals surface area contributed by atoms with Crippen LogP contribution in [-0.4, -0.2) is 37.2 Å². The van der Waals surface area contributed by atoms with Crippen molar-refractivity contribution in [1.29, 1.82) is 0 Å². The van der Waals surface area contributed by atoms with E-state index in [1.165, 1.54) is 18.2 Å². The molecule has 3 saturated carbocycles. The molecule has 2 aromatic rings. The highest BCUT2D eigenvalue weighted by molar-refractivity contribution is 8.00. The Hall–Kier alpha value is -2.16. The van der Waals surface area contributed by atoms with Crippen LogP contribution >= 0.6 is 11.8 Å². The summed E-state index contributed by atoms with van der Waals surface area (Å²) >= 11 is 1.27. The Morgan fingerprint density at radius 2 is 1.90 bits per heavy atom. The highest BCUT2D eigenvalue weighted by Crippen LogP contribution is 2.40. The summed E-state index contributed by atoms with van der Waals surface area (Å²) in [6.45, 7) is 2.19. The molecule has 2 heterocycles. The van der Waals surface area contributed by atoms with Crippen molar-refractivity contribution in [3.05, 3.63) is 26.7 Å². The third kappa shape index (κ3) is 3.91. The molecule has 0 aliphatic heterocycles. The van der Waals surface area contributed by atoms with Crippen molar-refractivity contribution in [3.8, 4) is 0 Å². The molecule has 30 heavy (non-hydrogen) atoms. The summed E-state index contributed by atoms with van der Waals surface area (Å²) in [6.07, 6.45) is 8.41. The van der Waals surface area contributed by atoms with Gasteiger partial charge in [0, 0.05) is 18.0 Å². The van der Waals surface area contributed by atoms with E-state index in [9.17, 15) is 14.4 Å². The Morgan fingerprint density at radius 1 is 1.13 bits per heavy atom. The van der Waals surface area contributed by atoms with Crippen molar-refractivity contribution in [2.45, 2.75) is 81.3 Å². The molecule has 3 aliphatic carbocycles. The summed E-state index contributed by atoms with van der Waals surface area (Å²) in [5, 5.41) is 3.99. The van der Waals surface area contributed by atoms with Gasteiger partial charge in [-0.25, -0.2) is 14.8 Å². The first-order valence-electron chi connectivity index (χ1n) is 11.0. The number of fused-ring (bicyclic) bond motifs is 1. The number of carbonyl (C=O) groups is 1. The van der Waals surface area contributed by atoms with Gasteiger partial charge in [-0.05, 0) is 44.4 Å². The summed E-state index contributed by atoms with van der Waals surface area (Å²) in [4.78, 5) is 49.4. The quantitative estimate of drug-likeness (QED) is 0.539. The molecule has 0 aromatic carbocycles. The number of amides is 1. The largest absolute Gasteiger partial charge is 0.352 e. The molecule has 3 aliphatic rings. The molecule has 9 heteroatoms. The fourth-order valence-electron chi connectivity index (χ4n) is 4.35. The van der Waals surface area contributed by atoms with Crippen LogP contribution in [0.4, 0.5) is 0 Å². The number of H-pyrrole nitrogens is 1. The Morgan fingerprint density at radius 3 is 2.60 bits per heavy atom. The van der Waals surface area contributed by atoms with Gasteiger partial charge in [-0.15, -0.1) is 0 Å². The lowest BCUT2D eigenvalue weighted by Crippen LogP contribution is -2.41. The summed E-state index contributed by atoms with van der Waals surface area (Å²) in [6, 6.07) is 0.312. The van der Waals surface area contributed by atoms with E-state index in [2.05, 4.69) is 27.2 Å². The van der Waals surface area contributed by atoms with Crippen LogP contribution in [0.25, 0.3) is 11.0 Å². The number of carbonyl (C=O) groups excluding carboxylic acids is 1. The van der Waals surface area contributed by atoms with Crippen LogP contribution in [0.2, 0.25) is 0 Å². The van der Waals surface area contributed by atoms with Gasteiger partial charge in [0.05, 0.1) is 5.75 Å². The minimum atomic E-state index is -0.474. The number of thioether (sulfide) groups is 1. The Kier molecular flexibility index (Phi) is 5.16. The van der Waals surface area contributed by atoms with Gasteiger partial charge >= 0.3 is 5.69 Å². The first-order valence-corrected chi connectivity index (χ1v) is 12.0. The maximum atomic E-state index is 12.7. The zero-order valence-corrected chi connectivity index (χ0v) is 18.0. The van der Waals surface area contributed by atoms with Gasteiger partial charge in [0.1, 0.15) is 16.2 Å². The first kappa shape index (κ1) is 19.8. The molecule has 0 radical (unpaired) electrons. The van der Waals surface area contributed by atoms with Crippen LogP contribution in [0.5, 0.6) is 0 Å². The first-order chi connectivity index (χ1) is 14.5. The number of hydrogen-bond donors (Lipinski definition) is 2. The molecule has 3 fully saturated rings. The number of nitrogens with zero attached hydrogens (tertiary/aromatic N) is 3. The smallest absolute Gasteiger partial charge is 0.330 e. The predicted molar refractivity (Wildman–Crippen MR) is 115 cm³/mol. The van der Waals surface area contributed by atoms with Crippen molar-refractivity contribution in [2.24, 2.45) is 5.92 Å². The summed E-state index contributed by atoms with van der Waals surface area (Å²) in [7, 11) is 0. The molecule has 2 aromatic heterocycles. The monoisotopic (exact) mass is 429 g/mol. The van der Waals surface area contributed by atoms with E-state index in [1.54, 1.807) is 4.57 Å².